The predicted molar refractivity (Wildman–Crippen MR) is 157 cm³/mol. The van der Waals surface area contributed by atoms with Crippen LogP contribution in [0.3, 0.4) is 0 Å². The molecule has 0 spiro atoms. The third kappa shape index (κ3) is 6.80. The molecule has 0 aliphatic heterocycles. The summed E-state index contributed by atoms with van der Waals surface area (Å²) < 4.78 is 42.7. The van der Waals surface area contributed by atoms with Crippen LogP contribution < -0.4 is 10.2 Å². The summed E-state index contributed by atoms with van der Waals surface area (Å²) in [4.78, 5) is 31.7. The van der Waals surface area contributed by atoms with Crippen molar-refractivity contribution in [1.82, 2.24) is 24.5 Å². The normalized spacial score (nSPS) is 11.0. The lowest BCUT2D eigenvalue weighted by molar-refractivity contribution is -0.137. The van der Waals surface area contributed by atoms with Gasteiger partial charge in [-0.25, -0.2) is 15.0 Å². The number of imidazole rings is 1. The van der Waals surface area contributed by atoms with Crippen molar-refractivity contribution in [2.75, 3.05) is 17.3 Å². The van der Waals surface area contributed by atoms with Gasteiger partial charge in [-0.3, -0.25) is 9.78 Å². The molecule has 0 fully saturated rings. The molecular formula is C31H30F3N7O. The maximum atomic E-state index is 13.7. The molecule has 0 aliphatic rings. The van der Waals surface area contributed by atoms with Crippen molar-refractivity contribution in [2.24, 2.45) is 0 Å². The molecule has 5 aromatic rings. The Morgan fingerprint density at radius 1 is 0.976 bits per heavy atom. The zero-order valence-electron chi connectivity index (χ0n) is 23.8. The molecule has 5 rings (SSSR count). The molecule has 0 atom stereocenters. The standard InChI is InChI=1S/C29H24F3N7O.C2H6/c1-18-6-7-20(11-26(18)37-28-34-10-8-25(36-28)21-5-4-9-33-15-21)27(40)38(3)23-12-22(29(30,31)32)13-24(14-23)39-16-19(2)35-17-39;1-2/h4-17H,1-3H3,(H,34,36,37);1-2H3. The fraction of sp³-hybridized carbons (Fsp3) is 0.194. The van der Waals surface area contributed by atoms with Crippen LogP contribution in [0.5, 0.6) is 0 Å². The number of alkyl halides is 3. The van der Waals surface area contributed by atoms with Gasteiger partial charge < -0.3 is 14.8 Å². The SMILES string of the molecule is CC.Cc1cn(-c2cc(N(C)C(=O)c3ccc(C)c(Nc4nccc(-c5cccnc5)n4)c3)cc(C(F)(F)F)c2)cn1. The highest BCUT2D eigenvalue weighted by Crippen LogP contribution is 2.34. The number of hydrogen-bond acceptors (Lipinski definition) is 6. The van der Waals surface area contributed by atoms with Crippen LogP contribution >= 0.6 is 0 Å². The smallest absolute Gasteiger partial charge is 0.324 e. The molecule has 0 bridgehead atoms. The molecule has 1 N–H and O–H groups in total. The number of nitrogens with one attached hydrogen (secondary N) is 1. The highest BCUT2D eigenvalue weighted by atomic mass is 19.4. The molecule has 0 aliphatic carbocycles. The number of carbonyl (C=O) groups is 1. The van der Waals surface area contributed by atoms with E-state index in [1.54, 1.807) is 56.0 Å². The molecule has 1 amide bonds. The summed E-state index contributed by atoms with van der Waals surface area (Å²) >= 11 is 0. The van der Waals surface area contributed by atoms with Gasteiger partial charge in [0.15, 0.2) is 0 Å². The number of halogens is 3. The monoisotopic (exact) mass is 573 g/mol. The average Bonchev–Trinajstić information content (AvgIpc) is 3.44. The molecule has 8 nitrogen and oxygen atoms in total. The van der Waals surface area contributed by atoms with Gasteiger partial charge in [0.1, 0.15) is 0 Å². The number of nitrogens with zero attached hydrogens (tertiary/aromatic N) is 6. The van der Waals surface area contributed by atoms with Crippen LogP contribution in [0, 0.1) is 13.8 Å². The topological polar surface area (TPSA) is 88.8 Å². The molecule has 42 heavy (non-hydrogen) atoms. The van der Waals surface area contributed by atoms with E-state index < -0.39 is 17.6 Å². The number of anilines is 3. The number of rotatable bonds is 6. The number of aryl methyl sites for hydroxylation is 2. The van der Waals surface area contributed by atoms with E-state index in [1.807, 2.05) is 32.9 Å². The Balaban J connectivity index is 0.00000198. The Morgan fingerprint density at radius 2 is 1.76 bits per heavy atom. The first-order valence-corrected chi connectivity index (χ1v) is 13.2. The summed E-state index contributed by atoms with van der Waals surface area (Å²) in [6.45, 7) is 7.60. The Bertz CT molecular complexity index is 1680. The minimum absolute atomic E-state index is 0.0868. The molecule has 0 saturated heterocycles. The van der Waals surface area contributed by atoms with Crippen LogP contribution in [0.25, 0.3) is 16.9 Å². The van der Waals surface area contributed by atoms with Gasteiger partial charge in [0.05, 0.1) is 23.3 Å². The van der Waals surface area contributed by atoms with Crippen molar-refractivity contribution in [3.05, 3.63) is 108 Å². The second-order valence-corrected chi connectivity index (χ2v) is 9.18. The van der Waals surface area contributed by atoms with Crippen molar-refractivity contribution in [3.63, 3.8) is 0 Å². The van der Waals surface area contributed by atoms with Gasteiger partial charge in [-0.15, -0.1) is 0 Å². The quantitative estimate of drug-likeness (QED) is 0.228. The summed E-state index contributed by atoms with van der Waals surface area (Å²) in [7, 11) is 1.44. The average molecular weight is 574 g/mol. The van der Waals surface area contributed by atoms with E-state index in [2.05, 4.69) is 25.3 Å². The van der Waals surface area contributed by atoms with Crippen LogP contribution in [0.4, 0.5) is 30.5 Å². The van der Waals surface area contributed by atoms with Crippen molar-refractivity contribution in [2.45, 2.75) is 33.9 Å². The van der Waals surface area contributed by atoms with Crippen LogP contribution in [0.1, 0.15) is 41.0 Å². The largest absolute Gasteiger partial charge is 0.416 e. The van der Waals surface area contributed by atoms with E-state index in [0.717, 1.165) is 23.3 Å². The zero-order chi connectivity index (χ0) is 30.4. The van der Waals surface area contributed by atoms with E-state index in [0.29, 0.717) is 23.0 Å². The second-order valence-electron chi connectivity index (χ2n) is 9.18. The molecule has 11 heteroatoms. The fourth-order valence-electron chi connectivity index (χ4n) is 4.08. The molecular weight excluding hydrogens is 543 g/mol. The lowest BCUT2D eigenvalue weighted by Gasteiger charge is -2.21. The summed E-state index contributed by atoms with van der Waals surface area (Å²) in [6.07, 6.45) is 3.42. The van der Waals surface area contributed by atoms with Gasteiger partial charge in [0.25, 0.3) is 5.91 Å². The first kappa shape index (κ1) is 29.9. The summed E-state index contributed by atoms with van der Waals surface area (Å²) in [5.41, 5.74) is 3.28. The number of benzene rings is 2. The Labute approximate surface area is 241 Å². The van der Waals surface area contributed by atoms with E-state index in [9.17, 15) is 18.0 Å². The number of aromatic nitrogens is 5. The zero-order valence-corrected chi connectivity index (χ0v) is 23.8. The second kappa shape index (κ2) is 12.6. The predicted octanol–water partition coefficient (Wildman–Crippen LogP) is 7.41. The molecule has 2 aromatic carbocycles. The highest BCUT2D eigenvalue weighted by Gasteiger charge is 2.32. The van der Waals surface area contributed by atoms with Crippen LogP contribution in [0.15, 0.2) is 85.7 Å². The molecule has 216 valence electrons. The summed E-state index contributed by atoms with van der Waals surface area (Å²) in [6, 6.07) is 13.9. The van der Waals surface area contributed by atoms with Crippen molar-refractivity contribution in [1.29, 1.82) is 0 Å². The number of amides is 1. The lowest BCUT2D eigenvalue weighted by atomic mass is 10.1. The van der Waals surface area contributed by atoms with Gasteiger partial charge >= 0.3 is 6.18 Å². The molecule has 3 aromatic heterocycles. The molecule has 3 heterocycles. The molecule has 0 unspecified atom stereocenters. The maximum Gasteiger partial charge on any atom is 0.416 e. The van der Waals surface area contributed by atoms with Crippen molar-refractivity contribution >= 4 is 23.2 Å². The first-order chi connectivity index (χ1) is 20.1. The maximum absolute atomic E-state index is 13.7. The lowest BCUT2D eigenvalue weighted by Crippen LogP contribution is -2.27. The van der Waals surface area contributed by atoms with E-state index in [1.165, 1.54) is 28.9 Å². The van der Waals surface area contributed by atoms with Gasteiger partial charge in [-0.2, -0.15) is 13.2 Å². The molecule has 0 saturated carbocycles. The number of carbonyl (C=O) groups excluding carboxylic acids is 1. The van der Waals surface area contributed by atoms with E-state index in [-0.39, 0.29) is 16.9 Å². The Morgan fingerprint density at radius 3 is 2.43 bits per heavy atom. The Hall–Kier alpha value is -5.06. The minimum Gasteiger partial charge on any atom is -0.324 e. The third-order valence-electron chi connectivity index (χ3n) is 6.28. The van der Waals surface area contributed by atoms with Crippen LogP contribution in [0.2, 0.25) is 0 Å². The molecule has 0 radical (unpaired) electrons. The van der Waals surface area contributed by atoms with E-state index in [4.69, 9.17) is 0 Å². The van der Waals surface area contributed by atoms with Gasteiger partial charge in [0.2, 0.25) is 5.95 Å². The van der Waals surface area contributed by atoms with Crippen LogP contribution in [-0.2, 0) is 6.18 Å². The first-order valence-electron chi connectivity index (χ1n) is 13.2. The highest BCUT2D eigenvalue weighted by molar-refractivity contribution is 6.06. The third-order valence-corrected chi connectivity index (χ3v) is 6.28. The minimum atomic E-state index is -4.60. The van der Waals surface area contributed by atoms with Gasteiger partial charge in [-0.05, 0) is 67.9 Å². The summed E-state index contributed by atoms with van der Waals surface area (Å²) in [5, 5.41) is 3.15. The summed E-state index contributed by atoms with van der Waals surface area (Å²) in [5.74, 6) is -0.166. The van der Waals surface area contributed by atoms with Crippen LogP contribution in [-0.4, -0.2) is 37.5 Å². The van der Waals surface area contributed by atoms with Gasteiger partial charge in [-0.1, -0.05) is 19.9 Å². The van der Waals surface area contributed by atoms with Crippen molar-refractivity contribution in [3.8, 4) is 16.9 Å². The Kier molecular flexibility index (Phi) is 8.99. The number of hydrogen-bond donors (Lipinski definition) is 1. The van der Waals surface area contributed by atoms with Crippen molar-refractivity contribution < 1.29 is 18.0 Å². The fourth-order valence-corrected chi connectivity index (χ4v) is 4.08. The number of pyridine rings is 1. The van der Waals surface area contributed by atoms with Gasteiger partial charge in [0, 0.05) is 60.0 Å². The van der Waals surface area contributed by atoms with E-state index >= 15 is 0 Å².